The third-order valence-electron chi connectivity index (χ3n) is 4.92. The molecule has 0 radical (unpaired) electrons. The summed E-state index contributed by atoms with van der Waals surface area (Å²) in [5.41, 5.74) is 3.65. The van der Waals surface area contributed by atoms with Crippen molar-refractivity contribution in [3.8, 4) is 0 Å². The molecule has 0 fully saturated rings. The van der Waals surface area contributed by atoms with Crippen molar-refractivity contribution in [3.63, 3.8) is 0 Å². The molecule has 3 aromatic carbocycles. The molecule has 0 aromatic heterocycles. The maximum atomic E-state index is 13.6. The Labute approximate surface area is 176 Å². The molecule has 0 saturated heterocycles. The SMILES string of the molecule is Cc1ccc2c(c1)[C@@H](c1ccc(F)cc1)N(C(=O)c1cccc(Br)c1)CC(=O)N2. The number of carbonyl (C=O) groups is 2. The number of fused-ring (bicyclic) bond motifs is 1. The van der Waals surface area contributed by atoms with Crippen LogP contribution in [-0.4, -0.2) is 23.3 Å². The van der Waals surface area contributed by atoms with E-state index in [1.54, 1.807) is 30.3 Å². The highest BCUT2D eigenvalue weighted by molar-refractivity contribution is 9.10. The molecule has 0 aliphatic carbocycles. The van der Waals surface area contributed by atoms with Gasteiger partial charge in [0.15, 0.2) is 0 Å². The number of hydrogen-bond acceptors (Lipinski definition) is 2. The predicted octanol–water partition coefficient (Wildman–Crippen LogP) is 5.08. The van der Waals surface area contributed by atoms with Gasteiger partial charge in [-0.15, -0.1) is 0 Å². The molecule has 146 valence electrons. The van der Waals surface area contributed by atoms with E-state index in [9.17, 15) is 14.0 Å². The van der Waals surface area contributed by atoms with Gasteiger partial charge in [-0.25, -0.2) is 4.39 Å². The van der Waals surface area contributed by atoms with Crippen LogP contribution in [0, 0.1) is 12.7 Å². The zero-order valence-electron chi connectivity index (χ0n) is 15.7. The molecule has 1 aliphatic rings. The molecule has 1 aliphatic heterocycles. The second-order valence-electron chi connectivity index (χ2n) is 7.04. The Morgan fingerprint density at radius 2 is 1.86 bits per heavy atom. The van der Waals surface area contributed by atoms with E-state index >= 15 is 0 Å². The summed E-state index contributed by atoms with van der Waals surface area (Å²) in [4.78, 5) is 27.6. The summed E-state index contributed by atoms with van der Waals surface area (Å²) in [6.07, 6.45) is 0. The average Bonchev–Trinajstić information content (AvgIpc) is 2.84. The van der Waals surface area contributed by atoms with E-state index in [1.807, 2.05) is 31.2 Å². The number of benzene rings is 3. The molecule has 0 saturated carbocycles. The maximum Gasteiger partial charge on any atom is 0.255 e. The zero-order chi connectivity index (χ0) is 20.5. The number of aryl methyl sites for hydroxylation is 1. The highest BCUT2D eigenvalue weighted by Gasteiger charge is 2.34. The number of carbonyl (C=O) groups excluding carboxylic acids is 2. The van der Waals surface area contributed by atoms with E-state index in [1.165, 1.54) is 17.0 Å². The number of amides is 2. The van der Waals surface area contributed by atoms with E-state index in [0.29, 0.717) is 11.3 Å². The summed E-state index contributed by atoms with van der Waals surface area (Å²) in [5, 5.41) is 2.89. The molecule has 1 heterocycles. The lowest BCUT2D eigenvalue weighted by molar-refractivity contribution is -0.117. The molecular weight excluding hydrogens is 435 g/mol. The lowest BCUT2D eigenvalue weighted by atomic mass is 9.94. The maximum absolute atomic E-state index is 13.6. The van der Waals surface area contributed by atoms with E-state index in [0.717, 1.165) is 21.2 Å². The van der Waals surface area contributed by atoms with Crippen molar-refractivity contribution in [2.24, 2.45) is 0 Å². The minimum Gasteiger partial charge on any atom is -0.324 e. The quantitative estimate of drug-likeness (QED) is 0.589. The largest absolute Gasteiger partial charge is 0.324 e. The summed E-state index contributed by atoms with van der Waals surface area (Å²) in [6.45, 7) is 1.84. The van der Waals surface area contributed by atoms with Crippen LogP contribution in [0.5, 0.6) is 0 Å². The molecule has 1 atom stereocenters. The van der Waals surface area contributed by atoms with Crippen LogP contribution in [0.1, 0.15) is 33.1 Å². The van der Waals surface area contributed by atoms with Gasteiger partial charge in [0.1, 0.15) is 12.4 Å². The molecule has 0 spiro atoms. The first-order chi connectivity index (χ1) is 13.9. The van der Waals surface area contributed by atoms with Gasteiger partial charge >= 0.3 is 0 Å². The molecule has 3 aromatic rings. The highest BCUT2D eigenvalue weighted by atomic mass is 79.9. The standard InChI is InChI=1S/C23H18BrFN2O2/c1-14-5-10-20-19(11-14)22(15-6-8-18(25)9-7-15)27(13-21(28)26-20)23(29)16-3-2-4-17(24)12-16/h2-12,22H,13H2,1H3,(H,26,28)/t22-/m1/s1. The van der Waals surface area contributed by atoms with Gasteiger partial charge in [0.2, 0.25) is 5.91 Å². The second-order valence-corrected chi connectivity index (χ2v) is 7.95. The van der Waals surface area contributed by atoms with Crippen molar-refractivity contribution < 1.29 is 14.0 Å². The Kier molecular flexibility index (Phi) is 5.20. The second kappa shape index (κ2) is 7.79. The van der Waals surface area contributed by atoms with Crippen molar-refractivity contribution in [2.45, 2.75) is 13.0 Å². The van der Waals surface area contributed by atoms with Crippen LogP contribution in [0.3, 0.4) is 0 Å². The van der Waals surface area contributed by atoms with Gasteiger partial charge in [0.05, 0.1) is 6.04 Å². The molecule has 1 N–H and O–H groups in total. The predicted molar refractivity (Wildman–Crippen MR) is 113 cm³/mol. The minimum atomic E-state index is -0.532. The lowest BCUT2D eigenvalue weighted by Crippen LogP contribution is -2.39. The molecule has 0 bridgehead atoms. The Morgan fingerprint density at radius 3 is 2.59 bits per heavy atom. The number of halogens is 2. The van der Waals surface area contributed by atoms with Gasteiger partial charge in [0, 0.05) is 21.3 Å². The monoisotopic (exact) mass is 452 g/mol. The van der Waals surface area contributed by atoms with Crippen LogP contribution in [0.15, 0.2) is 71.2 Å². The van der Waals surface area contributed by atoms with Crippen LogP contribution in [0.2, 0.25) is 0 Å². The Bertz CT molecular complexity index is 1100. The fraction of sp³-hybridized carbons (Fsp3) is 0.130. The first-order valence-electron chi connectivity index (χ1n) is 9.15. The first kappa shape index (κ1) is 19.3. The molecule has 6 heteroatoms. The Hall–Kier alpha value is -2.99. The normalized spacial score (nSPS) is 16.0. The van der Waals surface area contributed by atoms with E-state index in [2.05, 4.69) is 21.2 Å². The van der Waals surface area contributed by atoms with Crippen molar-refractivity contribution >= 4 is 33.4 Å². The van der Waals surface area contributed by atoms with E-state index in [-0.39, 0.29) is 24.2 Å². The Morgan fingerprint density at radius 1 is 1.10 bits per heavy atom. The number of rotatable bonds is 2. The number of nitrogens with one attached hydrogen (secondary N) is 1. The van der Waals surface area contributed by atoms with Crippen molar-refractivity contribution in [1.82, 2.24) is 4.90 Å². The third kappa shape index (κ3) is 3.93. The smallest absolute Gasteiger partial charge is 0.255 e. The molecule has 4 nitrogen and oxygen atoms in total. The molecule has 2 amide bonds. The average molecular weight is 453 g/mol. The summed E-state index contributed by atoms with van der Waals surface area (Å²) in [7, 11) is 0. The summed E-state index contributed by atoms with van der Waals surface area (Å²) in [6, 6.07) is 18.3. The van der Waals surface area contributed by atoms with Gasteiger partial charge in [-0.2, -0.15) is 0 Å². The molecule has 0 unspecified atom stereocenters. The first-order valence-corrected chi connectivity index (χ1v) is 9.94. The van der Waals surface area contributed by atoms with Crippen molar-refractivity contribution in [1.29, 1.82) is 0 Å². The third-order valence-corrected chi connectivity index (χ3v) is 5.41. The fourth-order valence-corrected chi connectivity index (χ4v) is 4.01. The van der Waals surface area contributed by atoms with Gasteiger partial charge in [-0.1, -0.05) is 51.8 Å². The van der Waals surface area contributed by atoms with Crippen molar-refractivity contribution in [3.05, 3.63) is 99.3 Å². The van der Waals surface area contributed by atoms with Gasteiger partial charge < -0.3 is 10.2 Å². The minimum absolute atomic E-state index is 0.110. The highest BCUT2D eigenvalue weighted by Crippen LogP contribution is 2.37. The van der Waals surface area contributed by atoms with Crippen LogP contribution in [-0.2, 0) is 4.79 Å². The fourth-order valence-electron chi connectivity index (χ4n) is 3.61. The van der Waals surface area contributed by atoms with Gasteiger partial charge in [-0.3, -0.25) is 9.59 Å². The van der Waals surface area contributed by atoms with Crippen molar-refractivity contribution in [2.75, 3.05) is 11.9 Å². The van der Waals surface area contributed by atoms with E-state index < -0.39 is 6.04 Å². The van der Waals surface area contributed by atoms with Crippen LogP contribution in [0.25, 0.3) is 0 Å². The van der Waals surface area contributed by atoms with E-state index in [4.69, 9.17) is 0 Å². The number of nitrogens with zero attached hydrogens (tertiary/aromatic N) is 1. The zero-order valence-corrected chi connectivity index (χ0v) is 17.2. The number of hydrogen-bond donors (Lipinski definition) is 1. The molecule has 4 rings (SSSR count). The topological polar surface area (TPSA) is 49.4 Å². The lowest BCUT2D eigenvalue weighted by Gasteiger charge is -2.31. The van der Waals surface area contributed by atoms with Crippen LogP contribution in [0.4, 0.5) is 10.1 Å². The molecular formula is C23H18BrFN2O2. The number of anilines is 1. The van der Waals surface area contributed by atoms with Gasteiger partial charge in [-0.05, 0) is 48.9 Å². The van der Waals surface area contributed by atoms with Crippen LogP contribution >= 0.6 is 15.9 Å². The van der Waals surface area contributed by atoms with Gasteiger partial charge in [0.25, 0.3) is 5.91 Å². The molecule has 29 heavy (non-hydrogen) atoms. The Balaban J connectivity index is 1.90. The summed E-state index contributed by atoms with van der Waals surface area (Å²) < 4.78 is 14.3. The summed E-state index contributed by atoms with van der Waals surface area (Å²) >= 11 is 3.39. The van der Waals surface area contributed by atoms with Crippen LogP contribution < -0.4 is 5.32 Å². The summed E-state index contributed by atoms with van der Waals surface area (Å²) in [5.74, 6) is -0.904.